The Balaban J connectivity index is 2.31. The zero-order valence-corrected chi connectivity index (χ0v) is 12.6. The van der Waals surface area contributed by atoms with E-state index in [9.17, 15) is 9.18 Å². The molecule has 21 heavy (non-hydrogen) atoms. The Morgan fingerprint density at radius 1 is 1.33 bits per heavy atom. The summed E-state index contributed by atoms with van der Waals surface area (Å²) in [5.41, 5.74) is 0.506. The first-order chi connectivity index (χ1) is 10.0. The summed E-state index contributed by atoms with van der Waals surface area (Å²) in [5.74, 6) is -0.556. The number of aromatic nitrogens is 1. The van der Waals surface area contributed by atoms with Crippen molar-refractivity contribution in [3.63, 3.8) is 0 Å². The van der Waals surface area contributed by atoms with Gasteiger partial charge in [-0.05, 0) is 31.2 Å². The van der Waals surface area contributed by atoms with Crippen LogP contribution in [0.5, 0.6) is 0 Å². The number of carbonyl (C=O) groups is 1. The molecule has 0 bridgehead atoms. The Labute approximate surface area is 131 Å². The molecule has 0 saturated carbocycles. The zero-order chi connectivity index (χ0) is 15.4. The molecule has 0 atom stereocenters. The minimum atomic E-state index is -0.572. The van der Waals surface area contributed by atoms with Crippen molar-refractivity contribution in [3.8, 4) is 0 Å². The maximum Gasteiger partial charge on any atom is 0.259 e. The quantitative estimate of drug-likeness (QED) is 0.884. The molecule has 0 unspecified atom stereocenters. The van der Waals surface area contributed by atoms with Gasteiger partial charge < -0.3 is 10.6 Å². The van der Waals surface area contributed by atoms with Gasteiger partial charge in [-0.25, -0.2) is 9.37 Å². The second kappa shape index (κ2) is 6.74. The first-order valence-electron chi connectivity index (χ1n) is 6.17. The molecule has 1 heterocycles. The van der Waals surface area contributed by atoms with Crippen LogP contribution >= 0.6 is 23.2 Å². The predicted molar refractivity (Wildman–Crippen MR) is 82.8 cm³/mol. The summed E-state index contributed by atoms with van der Waals surface area (Å²) in [6.07, 6.45) is 1.58. The van der Waals surface area contributed by atoms with Crippen LogP contribution in [0.25, 0.3) is 0 Å². The van der Waals surface area contributed by atoms with E-state index >= 15 is 0 Å². The molecule has 1 aromatic heterocycles. The number of nitrogens with zero attached hydrogens (tertiary/aromatic N) is 1. The molecule has 0 saturated heterocycles. The zero-order valence-electron chi connectivity index (χ0n) is 11.1. The third-order valence-electron chi connectivity index (χ3n) is 2.64. The molecule has 4 nitrogen and oxygen atoms in total. The molecular weight excluding hydrogens is 316 g/mol. The van der Waals surface area contributed by atoms with Gasteiger partial charge in [0.15, 0.2) is 0 Å². The summed E-state index contributed by atoms with van der Waals surface area (Å²) < 4.78 is 13.1. The van der Waals surface area contributed by atoms with Crippen molar-refractivity contribution < 1.29 is 9.18 Å². The fourth-order valence-electron chi connectivity index (χ4n) is 1.74. The molecule has 2 N–H and O–H groups in total. The van der Waals surface area contributed by atoms with E-state index in [0.29, 0.717) is 17.9 Å². The lowest BCUT2D eigenvalue weighted by Gasteiger charge is -2.12. The first kappa shape index (κ1) is 15.5. The Morgan fingerprint density at radius 2 is 2.00 bits per heavy atom. The Bertz CT molecular complexity index is 656. The number of amides is 1. The normalized spacial score (nSPS) is 10.3. The molecule has 2 rings (SSSR count). The minimum Gasteiger partial charge on any atom is -0.370 e. The number of carbonyl (C=O) groups excluding carboxylic acids is 1. The van der Waals surface area contributed by atoms with Crippen LogP contribution in [0.4, 0.5) is 15.9 Å². The van der Waals surface area contributed by atoms with Gasteiger partial charge in [-0.15, -0.1) is 0 Å². The van der Waals surface area contributed by atoms with Crippen molar-refractivity contribution in [1.29, 1.82) is 0 Å². The molecule has 0 radical (unpaired) electrons. The van der Waals surface area contributed by atoms with Gasteiger partial charge in [0.05, 0.1) is 21.3 Å². The lowest BCUT2D eigenvalue weighted by molar-refractivity contribution is 0.102. The topological polar surface area (TPSA) is 54.0 Å². The molecule has 7 heteroatoms. The second-order valence-electron chi connectivity index (χ2n) is 4.13. The highest BCUT2D eigenvalue weighted by Gasteiger charge is 2.16. The number of hydrogen-bond donors (Lipinski definition) is 2. The maximum atomic E-state index is 13.1. The van der Waals surface area contributed by atoms with E-state index in [-0.39, 0.29) is 15.7 Å². The summed E-state index contributed by atoms with van der Waals surface area (Å²) in [5, 5.41) is 5.61. The van der Waals surface area contributed by atoms with Crippen molar-refractivity contribution in [2.24, 2.45) is 0 Å². The lowest BCUT2D eigenvalue weighted by Crippen LogP contribution is -2.16. The third-order valence-corrected chi connectivity index (χ3v) is 3.24. The average molecular weight is 328 g/mol. The van der Waals surface area contributed by atoms with Crippen LogP contribution in [-0.2, 0) is 0 Å². The molecule has 1 aromatic carbocycles. The second-order valence-corrected chi connectivity index (χ2v) is 4.94. The fourth-order valence-corrected chi connectivity index (χ4v) is 2.29. The molecule has 110 valence electrons. The van der Waals surface area contributed by atoms with Crippen molar-refractivity contribution in [1.82, 2.24) is 4.98 Å². The molecule has 0 aliphatic rings. The van der Waals surface area contributed by atoms with Gasteiger partial charge in [0, 0.05) is 12.7 Å². The predicted octanol–water partition coefficient (Wildman–Crippen LogP) is 4.21. The Hall–Kier alpha value is -1.85. The van der Waals surface area contributed by atoms with E-state index in [2.05, 4.69) is 15.6 Å². The number of anilines is 2. The van der Waals surface area contributed by atoms with Gasteiger partial charge >= 0.3 is 0 Å². The molecule has 0 aliphatic carbocycles. The number of hydrogen-bond acceptors (Lipinski definition) is 3. The van der Waals surface area contributed by atoms with Gasteiger partial charge in [-0.2, -0.15) is 0 Å². The smallest absolute Gasteiger partial charge is 0.259 e. The van der Waals surface area contributed by atoms with Crippen LogP contribution in [-0.4, -0.2) is 17.4 Å². The van der Waals surface area contributed by atoms with E-state index in [0.717, 1.165) is 12.1 Å². The van der Waals surface area contributed by atoms with Crippen molar-refractivity contribution in [2.45, 2.75) is 6.92 Å². The van der Waals surface area contributed by atoms with Gasteiger partial charge in [0.25, 0.3) is 5.91 Å². The van der Waals surface area contributed by atoms with Gasteiger partial charge in [0.2, 0.25) is 0 Å². The number of pyridine rings is 1. The molecule has 0 fully saturated rings. The highest BCUT2D eigenvalue weighted by Crippen LogP contribution is 2.32. The summed E-state index contributed by atoms with van der Waals surface area (Å²) in [7, 11) is 0. The maximum absolute atomic E-state index is 13.1. The van der Waals surface area contributed by atoms with Crippen LogP contribution in [0.15, 0.2) is 30.5 Å². The summed E-state index contributed by atoms with van der Waals surface area (Å²) in [6, 6.07) is 5.42. The minimum absolute atomic E-state index is 0.0299. The van der Waals surface area contributed by atoms with Crippen molar-refractivity contribution in [2.75, 3.05) is 17.2 Å². The van der Waals surface area contributed by atoms with E-state index in [1.54, 1.807) is 18.3 Å². The summed E-state index contributed by atoms with van der Waals surface area (Å²) in [4.78, 5) is 16.4. The van der Waals surface area contributed by atoms with Crippen LogP contribution in [0.2, 0.25) is 10.0 Å². The van der Waals surface area contributed by atoms with E-state index in [1.807, 2.05) is 6.92 Å². The largest absolute Gasteiger partial charge is 0.370 e. The Morgan fingerprint density at radius 3 is 2.62 bits per heavy atom. The Kier molecular flexibility index (Phi) is 4.98. The van der Waals surface area contributed by atoms with E-state index in [1.165, 1.54) is 0 Å². The van der Waals surface area contributed by atoms with Gasteiger partial charge in [0.1, 0.15) is 11.6 Å². The molecule has 1 amide bonds. The standard InChI is InChI=1S/C14H12Cl2FN3O/c1-2-18-13-9(4-3-5-19-13)14(21)20-12-10(15)6-8(17)7-11(12)16/h3-7H,2H2,1H3,(H,18,19)(H,20,21). The molecule has 0 aliphatic heterocycles. The lowest BCUT2D eigenvalue weighted by atomic mass is 10.2. The third kappa shape index (κ3) is 3.62. The van der Waals surface area contributed by atoms with Crippen LogP contribution in [0.1, 0.15) is 17.3 Å². The number of nitrogens with one attached hydrogen (secondary N) is 2. The summed E-state index contributed by atoms with van der Waals surface area (Å²) in [6.45, 7) is 2.51. The summed E-state index contributed by atoms with van der Waals surface area (Å²) >= 11 is 11.8. The number of rotatable bonds is 4. The highest BCUT2D eigenvalue weighted by molar-refractivity contribution is 6.40. The van der Waals surface area contributed by atoms with Gasteiger partial charge in [-0.3, -0.25) is 4.79 Å². The first-order valence-corrected chi connectivity index (χ1v) is 6.93. The molecular formula is C14H12Cl2FN3O. The SMILES string of the molecule is CCNc1ncccc1C(=O)Nc1c(Cl)cc(F)cc1Cl. The van der Waals surface area contributed by atoms with Crippen molar-refractivity contribution >= 4 is 40.6 Å². The van der Waals surface area contributed by atoms with Crippen LogP contribution in [0, 0.1) is 5.82 Å². The van der Waals surface area contributed by atoms with E-state index < -0.39 is 11.7 Å². The van der Waals surface area contributed by atoms with Crippen molar-refractivity contribution in [3.05, 3.63) is 51.9 Å². The van der Waals surface area contributed by atoms with Gasteiger partial charge in [-0.1, -0.05) is 23.2 Å². The highest BCUT2D eigenvalue weighted by atomic mass is 35.5. The van der Waals surface area contributed by atoms with Crippen LogP contribution in [0.3, 0.4) is 0 Å². The average Bonchev–Trinajstić information content (AvgIpc) is 2.43. The molecule has 0 spiro atoms. The fraction of sp³-hybridized carbons (Fsp3) is 0.143. The molecule has 2 aromatic rings. The number of halogens is 3. The monoisotopic (exact) mass is 327 g/mol. The van der Waals surface area contributed by atoms with E-state index in [4.69, 9.17) is 23.2 Å². The number of benzene rings is 1. The van der Waals surface area contributed by atoms with Crippen LogP contribution < -0.4 is 10.6 Å².